The second kappa shape index (κ2) is 5.54. The van der Waals surface area contributed by atoms with Crippen molar-refractivity contribution in [2.75, 3.05) is 0 Å². The first-order chi connectivity index (χ1) is 10.2. The van der Waals surface area contributed by atoms with Crippen LogP contribution in [0, 0.1) is 0 Å². The number of hydrogen-bond acceptors (Lipinski definition) is 5. The molecule has 2 N–H and O–H groups in total. The maximum atomic E-state index is 11.0. The van der Waals surface area contributed by atoms with E-state index in [1.165, 1.54) is 0 Å². The lowest BCUT2D eigenvalue weighted by Gasteiger charge is -2.07. The van der Waals surface area contributed by atoms with Crippen LogP contribution in [-0.4, -0.2) is 20.9 Å². The zero-order valence-electron chi connectivity index (χ0n) is 11.1. The largest absolute Gasteiger partial charge is 0.463 e. The standard InChI is InChI=1S/C15H12N4O2/c16-13(20)8-11-9-18-14(10-3-5-17-6-4-10)15(19-11)12-2-1-7-21-12/h1-7,9H,8H2,(H2,16,20). The number of furan rings is 1. The third kappa shape index (κ3) is 2.79. The summed E-state index contributed by atoms with van der Waals surface area (Å²) in [6.07, 6.45) is 6.51. The van der Waals surface area contributed by atoms with Crippen LogP contribution in [0.3, 0.4) is 0 Å². The van der Waals surface area contributed by atoms with Gasteiger partial charge in [0, 0.05) is 24.2 Å². The van der Waals surface area contributed by atoms with E-state index in [1.54, 1.807) is 37.0 Å². The van der Waals surface area contributed by atoms with Crippen LogP contribution in [0.15, 0.2) is 53.5 Å². The molecule has 0 unspecified atom stereocenters. The van der Waals surface area contributed by atoms with Crippen LogP contribution >= 0.6 is 0 Å². The molecule has 0 atom stereocenters. The highest BCUT2D eigenvalue weighted by Crippen LogP contribution is 2.28. The summed E-state index contributed by atoms with van der Waals surface area (Å²) in [7, 11) is 0. The van der Waals surface area contributed by atoms with Crippen molar-refractivity contribution in [1.82, 2.24) is 15.0 Å². The number of amides is 1. The third-order valence-corrected chi connectivity index (χ3v) is 2.89. The van der Waals surface area contributed by atoms with E-state index in [9.17, 15) is 4.79 Å². The Labute approximate surface area is 120 Å². The van der Waals surface area contributed by atoms with Gasteiger partial charge in [-0.05, 0) is 24.3 Å². The SMILES string of the molecule is NC(=O)Cc1cnc(-c2ccncc2)c(-c2ccco2)n1. The van der Waals surface area contributed by atoms with E-state index in [2.05, 4.69) is 15.0 Å². The molecule has 0 aromatic carbocycles. The van der Waals surface area contributed by atoms with E-state index in [1.807, 2.05) is 12.1 Å². The van der Waals surface area contributed by atoms with Crippen molar-refractivity contribution >= 4 is 5.91 Å². The van der Waals surface area contributed by atoms with Crippen LogP contribution in [0.1, 0.15) is 5.69 Å². The summed E-state index contributed by atoms with van der Waals surface area (Å²) in [6, 6.07) is 7.24. The molecule has 3 rings (SSSR count). The maximum absolute atomic E-state index is 11.0. The van der Waals surface area contributed by atoms with Gasteiger partial charge in [-0.2, -0.15) is 0 Å². The maximum Gasteiger partial charge on any atom is 0.223 e. The van der Waals surface area contributed by atoms with Gasteiger partial charge in [0.15, 0.2) is 5.76 Å². The minimum absolute atomic E-state index is 0.0390. The minimum Gasteiger partial charge on any atom is -0.463 e. The summed E-state index contributed by atoms with van der Waals surface area (Å²) >= 11 is 0. The summed E-state index contributed by atoms with van der Waals surface area (Å²) in [5, 5.41) is 0. The molecule has 0 radical (unpaired) electrons. The molecule has 0 aliphatic carbocycles. The first-order valence-corrected chi connectivity index (χ1v) is 6.32. The highest BCUT2D eigenvalue weighted by molar-refractivity contribution is 5.78. The normalized spacial score (nSPS) is 10.5. The highest BCUT2D eigenvalue weighted by atomic mass is 16.3. The number of carbonyl (C=O) groups is 1. The molecule has 0 bridgehead atoms. The smallest absolute Gasteiger partial charge is 0.223 e. The van der Waals surface area contributed by atoms with Crippen molar-refractivity contribution in [1.29, 1.82) is 0 Å². The Morgan fingerprint density at radius 1 is 1.19 bits per heavy atom. The minimum atomic E-state index is -0.452. The fourth-order valence-corrected chi connectivity index (χ4v) is 2.00. The molecule has 21 heavy (non-hydrogen) atoms. The Balaban J connectivity index is 2.14. The molecule has 0 fully saturated rings. The molecular weight excluding hydrogens is 268 g/mol. The van der Waals surface area contributed by atoms with Gasteiger partial charge in [0.2, 0.25) is 5.91 Å². The third-order valence-electron chi connectivity index (χ3n) is 2.89. The molecule has 1 amide bonds. The number of hydrogen-bond donors (Lipinski definition) is 1. The van der Waals surface area contributed by atoms with E-state index in [0.717, 1.165) is 5.56 Å². The molecule has 0 spiro atoms. The zero-order valence-corrected chi connectivity index (χ0v) is 11.1. The average molecular weight is 280 g/mol. The predicted octanol–water partition coefficient (Wildman–Crippen LogP) is 1.83. The molecule has 0 aliphatic rings. The fourth-order valence-electron chi connectivity index (χ4n) is 2.00. The van der Waals surface area contributed by atoms with Gasteiger partial charge < -0.3 is 10.2 Å². The van der Waals surface area contributed by atoms with Gasteiger partial charge in [-0.1, -0.05) is 0 Å². The van der Waals surface area contributed by atoms with Gasteiger partial charge in [-0.25, -0.2) is 4.98 Å². The second-order valence-corrected chi connectivity index (χ2v) is 4.41. The molecule has 3 aromatic heterocycles. The number of primary amides is 1. The van der Waals surface area contributed by atoms with Gasteiger partial charge in [0.05, 0.1) is 24.1 Å². The number of nitrogens with two attached hydrogens (primary N) is 1. The lowest BCUT2D eigenvalue weighted by Crippen LogP contribution is -2.15. The van der Waals surface area contributed by atoms with E-state index < -0.39 is 5.91 Å². The van der Waals surface area contributed by atoms with Gasteiger partial charge in [0.25, 0.3) is 0 Å². The monoisotopic (exact) mass is 280 g/mol. The summed E-state index contributed by atoms with van der Waals surface area (Å²) in [4.78, 5) is 23.9. The Morgan fingerprint density at radius 2 is 2.00 bits per heavy atom. The molecule has 0 saturated heterocycles. The van der Waals surface area contributed by atoms with Gasteiger partial charge >= 0.3 is 0 Å². The number of carbonyl (C=O) groups excluding carboxylic acids is 1. The molecule has 3 aromatic rings. The fraction of sp³-hybridized carbons (Fsp3) is 0.0667. The molecule has 104 valence electrons. The van der Waals surface area contributed by atoms with Crippen LogP contribution in [0.4, 0.5) is 0 Å². The number of rotatable bonds is 4. The van der Waals surface area contributed by atoms with Crippen molar-refractivity contribution < 1.29 is 9.21 Å². The summed E-state index contributed by atoms with van der Waals surface area (Å²) in [5.41, 5.74) is 7.82. The first kappa shape index (κ1) is 13.0. The average Bonchev–Trinajstić information content (AvgIpc) is 3.01. The number of pyridine rings is 1. The van der Waals surface area contributed by atoms with Gasteiger partial charge in [-0.15, -0.1) is 0 Å². The molecule has 6 heteroatoms. The van der Waals surface area contributed by atoms with Crippen molar-refractivity contribution in [2.24, 2.45) is 5.73 Å². The van der Waals surface area contributed by atoms with Gasteiger partial charge in [-0.3, -0.25) is 14.8 Å². The topological polar surface area (TPSA) is 94.9 Å². The van der Waals surface area contributed by atoms with Crippen molar-refractivity contribution in [3.8, 4) is 22.7 Å². The van der Waals surface area contributed by atoms with Crippen LogP contribution in [-0.2, 0) is 11.2 Å². The van der Waals surface area contributed by atoms with Crippen molar-refractivity contribution in [2.45, 2.75) is 6.42 Å². The molecule has 3 heterocycles. The van der Waals surface area contributed by atoms with Crippen LogP contribution in [0.25, 0.3) is 22.7 Å². The van der Waals surface area contributed by atoms with E-state index in [0.29, 0.717) is 22.8 Å². The predicted molar refractivity (Wildman–Crippen MR) is 75.9 cm³/mol. The summed E-state index contributed by atoms with van der Waals surface area (Å²) in [6.45, 7) is 0. The lowest BCUT2D eigenvalue weighted by atomic mass is 10.1. The summed E-state index contributed by atoms with van der Waals surface area (Å²) in [5.74, 6) is 0.131. The highest BCUT2D eigenvalue weighted by Gasteiger charge is 2.15. The molecular formula is C15H12N4O2. The summed E-state index contributed by atoms with van der Waals surface area (Å²) < 4.78 is 5.41. The Hall–Kier alpha value is -3.02. The van der Waals surface area contributed by atoms with E-state index in [-0.39, 0.29) is 6.42 Å². The Kier molecular flexibility index (Phi) is 3.42. The van der Waals surface area contributed by atoms with Crippen molar-refractivity contribution in [3.63, 3.8) is 0 Å². The number of nitrogens with zero attached hydrogens (tertiary/aromatic N) is 3. The lowest BCUT2D eigenvalue weighted by molar-refractivity contribution is -0.117. The van der Waals surface area contributed by atoms with Crippen molar-refractivity contribution in [3.05, 3.63) is 54.8 Å². The zero-order chi connectivity index (χ0) is 14.7. The van der Waals surface area contributed by atoms with E-state index >= 15 is 0 Å². The molecule has 0 saturated carbocycles. The Bertz CT molecular complexity index is 755. The molecule has 6 nitrogen and oxygen atoms in total. The van der Waals surface area contributed by atoms with Crippen LogP contribution in [0.2, 0.25) is 0 Å². The van der Waals surface area contributed by atoms with Crippen LogP contribution < -0.4 is 5.73 Å². The first-order valence-electron chi connectivity index (χ1n) is 6.32. The number of aromatic nitrogens is 3. The van der Waals surface area contributed by atoms with E-state index in [4.69, 9.17) is 10.2 Å². The second-order valence-electron chi connectivity index (χ2n) is 4.41. The molecule has 0 aliphatic heterocycles. The van der Waals surface area contributed by atoms with Gasteiger partial charge in [0.1, 0.15) is 5.69 Å². The quantitative estimate of drug-likeness (QED) is 0.786. The van der Waals surface area contributed by atoms with Crippen LogP contribution in [0.5, 0.6) is 0 Å². The Morgan fingerprint density at radius 3 is 2.67 bits per heavy atom.